The number of likely N-dealkylation sites (N-methyl/N-ethyl adjacent to an activating group) is 1. The van der Waals surface area contributed by atoms with Crippen LogP contribution in [0.5, 0.6) is 0 Å². The molecule has 2 saturated heterocycles. The Kier molecular flexibility index (Phi) is 14.7. The van der Waals surface area contributed by atoms with Crippen molar-refractivity contribution in [1.82, 2.24) is 24.9 Å². The standard InChI is InChI=1S/C35H57N7O4/c1-24(2)29(23-26(5)32(44)42-22-12-16-28(42)33(45)40(19-13-17-36)20-14-18-37)39(9)34(46)30(35(6,7)8)38-31(43)27-15-10-11-21-41(27)25(3)4/h23-25,27-30H,10-16,19-22H2,1-9H3,(H,38,43)/b26-23+/t27-,28+,29-,30-/m1/s1. The van der Waals surface area contributed by atoms with Crippen molar-refractivity contribution in [1.29, 1.82) is 10.5 Å². The molecule has 46 heavy (non-hydrogen) atoms. The van der Waals surface area contributed by atoms with Gasteiger partial charge in [0.2, 0.25) is 23.6 Å². The number of nitrogens with zero attached hydrogens (tertiary/aromatic N) is 6. The Morgan fingerprint density at radius 3 is 2.04 bits per heavy atom. The van der Waals surface area contributed by atoms with Gasteiger partial charge in [0, 0.05) is 38.3 Å². The third-order valence-electron chi connectivity index (χ3n) is 9.24. The first-order valence-corrected chi connectivity index (χ1v) is 16.9. The molecule has 11 heteroatoms. The van der Waals surface area contributed by atoms with Gasteiger partial charge < -0.3 is 20.0 Å². The van der Waals surface area contributed by atoms with Crippen molar-refractivity contribution in [3.8, 4) is 12.1 Å². The number of rotatable bonds is 13. The molecule has 0 saturated carbocycles. The van der Waals surface area contributed by atoms with Gasteiger partial charge in [-0.2, -0.15) is 10.5 Å². The normalized spacial score (nSPS) is 20.5. The van der Waals surface area contributed by atoms with E-state index in [0.717, 1.165) is 25.8 Å². The highest BCUT2D eigenvalue weighted by molar-refractivity contribution is 5.97. The molecule has 256 valence electrons. The van der Waals surface area contributed by atoms with E-state index < -0.39 is 23.5 Å². The topological polar surface area (TPSA) is 141 Å². The van der Waals surface area contributed by atoms with E-state index in [1.807, 2.05) is 34.6 Å². The van der Waals surface area contributed by atoms with Crippen LogP contribution in [-0.4, -0.2) is 107 Å². The van der Waals surface area contributed by atoms with Crippen molar-refractivity contribution in [2.45, 2.75) is 131 Å². The second-order valence-electron chi connectivity index (χ2n) is 14.5. The maximum Gasteiger partial charge on any atom is 0.249 e. The molecule has 0 aliphatic carbocycles. The molecular formula is C35H57N7O4. The first-order valence-electron chi connectivity index (χ1n) is 16.9. The smallest absolute Gasteiger partial charge is 0.249 e. The molecule has 2 rings (SSSR count). The summed E-state index contributed by atoms with van der Waals surface area (Å²) in [5.41, 5.74) is -0.120. The minimum Gasteiger partial charge on any atom is -0.342 e. The second kappa shape index (κ2) is 17.5. The van der Waals surface area contributed by atoms with Crippen molar-refractivity contribution in [2.75, 3.05) is 33.2 Å². The van der Waals surface area contributed by atoms with Crippen molar-refractivity contribution in [2.24, 2.45) is 11.3 Å². The van der Waals surface area contributed by atoms with Crippen LogP contribution in [0.15, 0.2) is 11.6 Å². The summed E-state index contributed by atoms with van der Waals surface area (Å²) < 4.78 is 0. The van der Waals surface area contributed by atoms with Gasteiger partial charge in [-0.3, -0.25) is 24.1 Å². The van der Waals surface area contributed by atoms with Crippen LogP contribution >= 0.6 is 0 Å². The highest BCUT2D eigenvalue weighted by Crippen LogP contribution is 2.27. The number of carbonyl (C=O) groups excluding carboxylic acids is 4. The van der Waals surface area contributed by atoms with E-state index >= 15 is 0 Å². The van der Waals surface area contributed by atoms with E-state index in [1.165, 1.54) is 4.90 Å². The lowest BCUT2D eigenvalue weighted by Crippen LogP contribution is -2.60. The molecular weight excluding hydrogens is 582 g/mol. The lowest BCUT2D eigenvalue weighted by atomic mass is 9.84. The Morgan fingerprint density at radius 2 is 1.52 bits per heavy atom. The van der Waals surface area contributed by atoms with Crippen LogP contribution in [0, 0.1) is 34.0 Å². The number of amides is 4. The van der Waals surface area contributed by atoms with Gasteiger partial charge in [-0.15, -0.1) is 0 Å². The number of piperidine rings is 1. The van der Waals surface area contributed by atoms with Crippen LogP contribution in [-0.2, 0) is 19.2 Å². The van der Waals surface area contributed by atoms with Gasteiger partial charge in [-0.1, -0.05) is 47.1 Å². The molecule has 0 radical (unpaired) electrons. The third kappa shape index (κ3) is 10.0. The zero-order valence-corrected chi connectivity index (χ0v) is 29.6. The summed E-state index contributed by atoms with van der Waals surface area (Å²) in [6, 6.07) is 2.20. The number of likely N-dealkylation sites (tertiary alicyclic amines) is 2. The summed E-state index contributed by atoms with van der Waals surface area (Å²) in [6.07, 6.45) is 6.09. The molecule has 0 aromatic rings. The van der Waals surface area contributed by atoms with Crippen LogP contribution in [0.1, 0.15) is 100 Å². The molecule has 2 fully saturated rings. The van der Waals surface area contributed by atoms with E-state index in [9.17, 15) is 19.2 Å². The fourth-order valence-electron chi connectivity index (χ4n) is 6.58. The van der Waals surface area contributed by atoms with Crippen LogP contribution in [0.2, 0.25) is 0 Å². The average molecular weight is 640 g/mol. The van der Waals surface area contributed by atoms with Crippen LogP contribution in [0.3, 0.4) is 0 Å². The van der Waals surface area contributed by atoms with Gasteiger partial charge >= 0.3 is 0 Å². The van der Waals surface area contributed by atoms with Crippen molar-refractivity contribution in [3.05, 3.63) is 11.6 Å². The fourth-order valence-corrected chi connectivity index (χ4v) is 6.58. The maximum absolute atomic E-state index is 14.1. The lowest BCUT2D eigenvalue weighted by molar-refractivity contribution is -0.142. The predicted octanol–water partition coefficient (Wildman–Crippen LogP) is 3.86. The summed E-state index contributed by atoms with van der Waals surface area (Å²) in [5, 5.41) is 21.2. The monoisotopic (exact) mass is 639 g/mol. The highest BCUT2D eigenvalue weighted by Gasteiger charge is 2.41. The molecule has 0 unspecified atom stereocenters. The molecule has 4 amide bonds. The zero-order valence-electron chi connectivity index (χ0n) is 29.6. The number of nitriles is 2. The van der Waals surface area contributed by atoms with Crippen LogP contribution < -0.4 is 5.32 Å². The van der Waals surface area contributed by atoms with Crippen molar-refractivity contribution >= 4 is 23.6 Å². The molecule has 2 aliphatic heterocycles. The van der Waals surface area contributed by atoms with Crippen LogP contribution in [0.25, 0.3) is 0 Å². The van der Waals surface area contributed by atoms with Gasteiger partial charge in [0.25, 0.3) is 0 Å². The number of carbonyl (C=O) groups is 4. The first-order chi connectivity index (χ1) is 21.6. The molecule has 1 N–H and O–H groups in total. The molecule has 11 nitrogen and oxygen atoms in total. The van der Waals surface area contributed by atoms with Gasteiger partial charge in [0.15, 0.2) is 0 Å². The average Bonchev–Trinajstić information content (AvgIpc) is 3.50. The summed E-state index contributed by atoms with van der Waals surface area (Å²) in [6.45, 7) is 17.4. The van der Waals surface area contributed by atoms with E-state index in [-0.39, 0.29) is 67.6 Å². The first kappa shape index (κ1) is 38.7. The van der Waals surface area contributed by atoms with Crippen molar-refractivity contribution < 1.29 is 19.2 Å². The van der Waals surface area contributed by atoms with Gasteiger partial charge in [-0.05, 0) is 64.3 Å². The SMILES string of the molecule is C/C(=C\[C@H](C(C)C)N(C)C(=O)[C@@H](NC(=O)[C@H]1CCCCN1C(C)C)C(C)(C)C)C(=O)N1CCC[C@H]1C(=O)N(CCC#N)CCC#N. The Morgan fingerprint density at radius 1 is 0.935 bits per heavy atom. The molecule has 0 aromatic heterocycles. The largest absolute Gasteiger partial charge is 0.342 e. The molecule has 2 aliphatic rings. The minimum absolute atomic E-state index is 0.0359. The molecule has 0 aromatic carbocycles. The van der Waals surface area contributed by atoms with Gasteiger partial charge in [-0.25, -0.2) is 0 Å². The van der Waals surface area contributed by atoms with E-state index in [2.05, 4.69) is 36.2 Å². The molecule has 0 spiro atoms. The maximum atomic E-state index is 14.1. The van der Waals surface area contributed by atoms with Crippen molar-refractivity contribution in [3.63, 3.8) is 0 Å². The number of hydrogen-bond donors (Lipinski definition) is 1. The molecule has 4 atom stereocenters. The third-order valence-corrected chi connectivity index (χ3v) is 9.24. The lowest BCUT2D eigenvalue weighted by Gasteiger charge is -2.41. The highest BCUT2D eigenvalue weighted by atomic mass is 16.2. The molecule has 0 bridgehead atoms. The van der Waals surface area contributed by atoms with E-state index in [4.69, 9.17) is 10.5 Å². The number of nitrogens with one attached hydrogen (secondary N) is 1. The van der Waals surface area contributed by atoms with Gasteiger partial charge in [0.1, 0.15) is 12.1 Å². The second-order valence-corrected chi connectivity index (χ2v) is 14.5. The summed E-state index contributed by atoms with van der Waals surface area (Å²) in [4.78, 5) is 61.9. The quantitative estimate of drug-likeness (QED) is 0.302. The van der Waals surface area contributed by atoms with Gasteiger partial charge in [0.05, 0.1) is 37.1 Å². The Hall–Kier alpha value is -3.44. The van der Waals surface area contributed by atoms with Crippen LogP contribution in [0.4, 0.5) is 0 Å². The Labute approximate surface area is 276 Å². The fraction of sp³-hybridized carbons (Fsp3) is 0.771. The predicted molar refractivity (Wildman–Crippen MR) is 178 cm³/mol. The Balaban J connectivity index is 2.29. The molecule has 2 heterocycles. The Bertz CT molecular complexity index is 1170. The van der Waals surface area contributed by atoms with E-state index in [1.54, 1.807) is 29.8 Å². The zero-order chi connectivity index (χ0) is 34.8. The summed E-state index contributed by atoms with van der Waals surface area (Å²) in [5.74, 6) is -0.889. The van der Waals surface area contributed by atoms with E-state index in [0.29, 0.717) is 25.0 Å². The minimum atomic E-state index is -0.764. The summed E-state index contributed by atoms with van der Waals surface area (Å²) in [7, 11) is 1.72. The number of hydrogen-bond acceptors (Lipinski definition) is 7. The summed E-state index contributed by atoms with van der Waals surface area (Å²) >= 11 is 0.